The third-order valence-corrected chi connectivity index (χ3v) is 4.32. The molecule has 0 aromatic heterocycles. The molecule has 0 radical (unpaired) electrons. The highest BCUT2D eigenvalue weighted by Crippen LogP contribution is 2.28. The minimum Gasteiger partial charge on any atom is -0.0654 e. The van der Waals surface area contributed by atoms with Crippen molar-refractivity contribution in [2.75, 3.05) is 0 Å². The van der Waals surface area contributed by atoms with E-state index in [1.807, 2.05) is 0 Å². The Morgan fingerprint density at radius 3 is 2.43 bits per heavy atom. The minimum absolute atomic E-state index is 1.15. The molecule has 0 unspecified atom stereocenters. The van der Waals surface area contributed by atoms with Gasteiger partial charge in [0.15, 0.2) is 0 Å². The lowest BCUT2D eigenvalue weighted by Crippen LogP contribution is -1.87. The fourth-order valence-electron chi connectivity index (χ4n) is 2.71. The predicted molar refractivity (Wildman–Crippen MR) is 95.7 cm³/mol. The number of hydrogen-bond donors (Lipinski definition) is 0. The van der Waals surface area contributed by atoms with E-state index in [1.54, 1.807) is 0 Å². The van der Waals surface area contributed by atoms with Crippen LogP contribution < -0.4 is 0 Å². The van der Waals surface area contributed by atoms with E-state index in [-0.39, 0.29) is 0 Å². The molecule has 3 rings (SSSR count). The van der Waals surface area contributed by atoms with Gasteiger partial charge in [-0.1, -0.05) is 71.7 Å². The molecule has 0 N–H and O–H groups in total. The standard InChI is InChI=1S/C20H19Br/c1-2-3-6-15-11-19(14-20(21)12-15)18-10-9-16-7-4-5-8-17(16)13-18/h4-5,7-14H,2-3,6H2,1H3. The van der Waals surface area contributed by atoms with E-state index in [4.69, 9.17) is 0 Å². The van der Waals surface area contributed by atoms with E-state index < -0.39 is 0 Å². The lowest BCUT2D eigenvalue weighted by atomic mass is 9.98. The van der Waals surface area contributed by atoms with Gasteiger partial charge in [0.25, 0.3) is 0 Å². The molecule has 0 spiro atoms. The molecule has 0 saturated carbocycles. The summed E-state index contributed by atoms with van der Waals surface area (Å²) in [6.07, 6.45) is 3.63. The van der Waals surface area contributed by atoms with Crippen LogP contribution in [-0.2, 0) is 6.42 Å². The maximum Gasteiger partial charge on any atom is 0.0184 e. The fraction of sp³-hybridized carbons (Fsp3) is 0.200. The number of fused-ring (bicyclic) bond motifs is 1. The topological polar surface area (TPSA) is 0 Å². The highest BCUT2D eigenvalue weighted by Gasteiger charge is 2.03. The van der Waals surface area contributed by atoms with Crippen LogP contribution >= 0.6 is 15.9 Å². The summed E-state index contributed by atoms with van der Waals surface area (Å²) in [7, 11) is 0. The molecule has 0 fully saturated rings. The number of rotatable bonds is 4. The van der Waals surface area contributed by atoms with Gasteiger partial charge in [-0.15, -0.1) is 0 Å². The lowest BCUT2D eigenvalue weighted by molar-refractivity contribution is 0.795. The van der Waals surface area contributed by atoms with Crippen molar-refractivity contribution in [2.45, 2.75) is 26.2 Å². The van der Waals surface area contributed by atoms with Crippen LogP contribution in [0.4, 0.5) is 0 Å². The average molecular weight is 339 g/mol. The molecule has 0 aliphatic carbocycles. The summed E-state index contributed by atoms with van der Waals surface area (Å²) in [6, 6.07) is 22.0. The average Bonchev–Trinajstić information content (AvgIpc) is 2.52. The molecular weight excluding hydrogens is 320 g/mol. The predicted octanol–water partition coefficient (Wildman–Crippen LogP) is 6.61. The van der Waals surface area contributed by atoms with Gasteiger partial charge in [-0.25, -0.2) is 0 Å². The summed E-state index contributed by atoms with van der Waals surface area (Å²) in [4.78, 5) is 0. The first-order valence-electron chi connectivity index (χ1n) is 7.55. The van der Waals surface area contributed by atoms with Crippen LogP contribution in [0.1, 0.15) is 25.3 Å². The molecular formula is C20H19Br. The smallest absolute Gasteiger partial charge is 0.0184 e. The zero-order valence-corrected chi connectivity index (χ0v) is 13.9. The van der Waals surface area contributed by atoms with Gasteiger partial charge < -0.3 is 0 Å². The first-order valence-corrected chi connectivity index (χ1v) is 8.34. The van der Waals surface area contributed by atoms with Gasteiger partial charge in [0, 0.05) is 4.47 Å². The van der Waals surface area contributed by atoms with E-state index in [0.717, 1.165) is 6.42 Å². The van der Waals surface area contributed by atoms with Crippen LogP contribution in [0.5, 0.6) is 0 Å². The maximum atomic E-state index is 3.65. The van der Waals surface area contributed by atoms with Gasteiger partial charge in [0.1, 0.15) is 0 Å². The number of benzene rings is 3. The van der Waals surface area contributed by atoms with Gasteiger partial charge in [0.2, 0.25) is 0 Å². The second kappa shape index (κ2) is 6.44. The molecule has 0 aliphatic rings. The number of aryl methyl sites for hydroxylation is 1. The van der Waals surface area contributed by atoms with Crippen molar-refractivity contribution in [1.82, 2.24) is 0 Å². The van der Waals surface area contributed by atoms with Crippen molar-refractivity contribution < 1.29 is 0 Å². The maximum absolute atomic E-state index is 3.65. The molecule has 0 nitrogen and oxygen atoms in total. The summed E-state index contributed by atoms with van der Waals surface area (Å²) in [5.41, 5.74) is 3.99. The molecule has 1 heteroatoms. The van der Waals surface area contributed by atoms with Gasteiger partial charge in [-0.2, -0.15) is 0 Å². The molecule has 0 aliphatic heterocycles. The Bertz CT molecular complexity index is 759. The monoisotopic (exact) mass is 338 g/mol. The quantitative estimate of drug-likeness (QED) is 0.501. The highest BCUT2D eigenvalue weighted by molar-refractivity contribution is 9.10. The van der Waals surface area contributed by atoms with E-state index in [2.05, 4.69) is 83.5 Å². The molecule has 0 saturated heterocycles. The van der Waals surface area contributed by atoms with E-state index in [0.29, 0.717) is 0 Å². The summed E-state index contributed by atoms with van der Waals surface area (Å²) < 4.78 is 1.17. The van der Waals surface area contributed by atoms with Crippen LogP contribution in [0, 0.1) is 0 Å². The Kier molecular flexibility index (Phi) is 4.40. The van der Waals surface area contributed by atoms with Crippen molar-refractivity contribution in [3.63, 3.8) is 0 Å². The van der Waals surface area contributed by atoms with Gasteiger partial charge >= 0.3 is 0 Å². The van der Waals surface area contributed by atoms with E-state index >= 15 is 0 Å². The zero-order valence-electron chi connectivity index (χ0n) is 12.3. The Hall–Kier alpha value is -1.60. The number of unbranched alkanes of at least 4 members (excludes halogenated alkanes) is 1. The van der Waals surface area contributed by atoms with Crippen LogP contribution in [-0.4, -0.2) is 0 Å². The molecule has 3 aromatic carbocycles. The van der Waals surface area contributed by atoms with Crippen molar-refractivity contribution in [2.24, 2.45) is 0 Å². The second-order valence-electron chi connectivity index (χ2n) is 5.51. The Morgan fingerprint density at radius 1 is 0.810 bits per heavy atom. The van der Waals surface area contributed by atoms with Crippen molar-refractivity contribution in [3.05, 3.63) is 70.7 Å². The second-order valence-corrected chi connectivity index (χ2v) is 6.43. The normalized spacial score (nSPS) is 11.0. The first kappa shape index (κ1) is 14.3. The summed E-state index contributed by atoms with van der Waals surface area (Å²) in [6.45, 7) is 2.24. The lowest BCUT2D eigenvalue weighted by Gasteiger charge is -2.08. The van der Waals surface area contributed by atoms with Gasteiger partial charge in [-0.3, -0.25) is 0 Å². The molecule has 21 heavy (non-hydrogen) atoms. The van der Waals surface area contributed by atoms with Crippen LogP contribution in [0.25, 0.3) is 21.9 Å². The summed E-state index contributed by atoms with van der Waals surface area (Å²) in [5, 5.41) is 2.59. The van der Waals surface area contributed by atoms with E-state index in [1.165, 1.54) is 44.8 Å². The van der Waals surface area contributed by atoms with Crippen molar-refractivity contribution in [3.8, 4) is 11.1 Å². The first-order chi connectivity index (χ1) is 10.3. The Labute approximate surface area is 134 Å². The molecule has 0 bridgehead atoms. The SMILES string of the molecule is CCCCc1cc(Br)cc(-c2ccc3ccccc3c2)c1. The van der Waals surface area contributed by atoms with Crippen LogP contribution in [0.2, 0.25) is 0 Å². The molecule has 0 heterocycles. The minimum atomic E-state index is 1.15. The highest BCUT2D eigenvalue weighted by atomic mass is 79.9. The largest absolute Gasteiger partial charge is 0.0654 e. The molecule has 0 amide bonds. The van der Waals surface area contributed by atoms with Crippen molar-refractivity contribution in [1.29, 1.82) is 0 Å². The number of hydrogen-bond acceptors (Lipinski definition) is 0. The molecule has 106 valence electrons. The summed E-state index contributed by atoms with van der Waals surface area (Å²) in [5.74, 6) is 0. The molecule has 0 atom stereocenters. The fourth-order valence-corrected chi connectivity index (χ4v) is 3.25. The van der Waals surface area contributed by atoms with Gasteiger partial charge in [-0.05, 0) is 58.5 Å². The van der Waals surface area contributed by atoms with Crippen LogP contribution in [0.15, 0.2) is 65.1 Å². The zero-order chi connectivity index (χ0) is 14.7. The molecule has 3 aromatic rings. The Morgan fingerprint density at radius 2 is 1.62 bits per heavy atom. The third-order valence-electron chi connectivity index (χ3n) is 3.86. The Balaban J connectivity index is 2.02. The van der Waals surface area contributed by atoms with E-state index in [9.17, 15) is 0 Å². The van der Waals surface area contributed by atoms with Crippen molar-refractivity contribution >= 4 is 26.7 Å². The third kappa shape index (κ3) is 3.36. The van der Waals surface area contributed by atoms with Gasteiger partial charge in [0.05, 0.1) is 0 Å². The van der Waals surface area contributed by atoms with Crippen LogP contribution in [0.3, 0.4) is 0 Å². The summed E-state index contributed by atoms with van der Waals surface area (Å²) >= 11 is 3.65. The number of halogens is 1.